The topological polar surface area (TPSA) is 66.8 Å². The van der Waals surface area contributed by atoms with Crippen LogP contribution in [0.25, 0.3) is 11.6 Å². The minimum Gasteiger partial charge on any atom is -0.503 e. The predicted molar refractivity (Wildman–Crippen MR) is 86.2 cm³/mol. The third-order valence-electron chi connectivity index (χ3n) is 3.05. The Hall–Kier alpha value is -2.53. The largest absolute Gasteiger partial charge is 0.503 e. The first-order valence-electron chi connectivity index (χ1n) is 6.78. The van der Waals surface area contributed by atoms with Gasteiger partial charge in [0.1, 0.15) is 5.82 Å². The lowest BCUT2D eigenvalue weighted by Gasteiger charge is -2.09. The molecule has 2 aromatic rings. The standard InChI is InChI=1S/C17H14ClFO4/c1-2-23-15-9-10(8-14(18)16(15)20)7-13(17(21)22)11-3-5-12(19)6-4-11/h3-9,20H,2H2,1H3,(H,21,22)/b13-7-. The minimum absolute atomic E-state index is 0.0331. The summed E-state index contributed by atoms with van der Waals surface area (Å²) in [5.41, 5.74) is 0.758. The molecule has 2 rings (SSSR count). The summed E-state index contributed by atoms with van der Waals surface area (Å²) in [6.07, 6.45) is 1.38. The van der Waals surface area contributed by atoms with E-state index in [1.165, 1.54) is 42.5 Å². The van der Waals surface area contributed by atoms with Gasteiger partial charge in [-0.1, -0.05) is 23.7 Å². The van der Waals surface area contributed by atoms with E-state index < -0.39 is 11.8 Å². The Kier molecular flexibility index (Phi) is 5.24. The molecule has 0 atom stereocenters. The fourth-order valence-electron chi connectivity index (χ4n) is 2.01. The van der Waals surface area contributed by atoms with Crippen molar-refractivity contribution in [3.63, 3.8) is 0 Å². The van der Waals surface area contributed by atoms with Crippen molar-refractivity contribution in [3.8, 4) is 11.5 Å². The van der Waals surface area contributed by atoms with Gasteiger partial charge in [-0.25, -0.2) is 9.18 Å². The van der Waals surface area contributed by atoms with E-state index in [2.05, 4.69) is 0 Å². The first kappa shape index (κ1) is 16.8. The maximum Gasteiger partial charge on any atom is 0.336 e. The van der Waals surface area contributed by atoms with Crippen molar-refractivity contribution >= 4 is 29.2 Å². The number of hydrogen-bond acceptors (Lipinski definition) is 3. The number of rotatable bonds is 5. The average molecular weight is 337 g/mol. The predicted octanol–water partition coefficient (Wildman–Crippen LogP) is 4.21. The number of ether oxygens (including phenoxy) is 1. The van der Waals surface area contributed by atoms with Crippen molar-refractivity contribution in [2.24, 2.45) is 0 Å². The van der Waals surface area contributed by atoms with Gasteiger partial charge in [0.15, 0.2) is 11.5 Å². The van der Waals surface area contributed by atoms with Gasteiger partial charge in [-0.05, 0) is 48.4 Å². The van der Waals surface area contributed by atoms with Crippen LogP contribution in [0.5, 0.6) is 11.5 Å². The normalized spacial score (nSPS) is 11.3. The van der Waals surface area contributed by atoms with Gasteiger partial charge in [0, 0.05) is 0 Å². The number of phenols is 1. The third kappa shape index (κ3) is 4.02. The Morgan fingerprint density at radius 1 is 1.30 bits per heavy atom. The maximum absolute atomic E-state index is 13.0. The smallest absolute Gasteiger partial charge is 0.336 e. The Labute approximate surface area is 137 Å². The summed E-state index contributed by atoms with van der Waals surface area (Å²) in [7, 11) is 0. The molecule has 0 bridgehead atoms. The molecule has 6 heteroatoms. The van der Waals surface area contributed by atoms with E-state index in [0.717, 1.165) is 0 Å². The molecule has 0 aliphatic heterocycles. The van der Waals surface area contributed by atoms with Gasteiger partial charge in [-0.15, -0.1) is 0 Å². The first-order valence-corrected chi connectivity index (χ1v) is 7.16. The molecule has 0 unspecified atom stereocenters. The Morgan fingerprint density at radius 3 is 2.52 bits per heavy atom. The van der Waals surface area contributed by atoms with E-state index in [9.17, 15) is 19.4 Å². The van der Waals surface area contributed by atoms with Crippen molar-refractivity contribution in [2.75, 3.05) is 6.61 Å². The fraction of sp³-hybridized carbons (Fsp3) is 0.118. The van der Waals surface area contributed by atoms with Gasteiger partial charge in [0.2, 0.25) is 0 Å². The summed E-state index contributed by atoms with van der Waals surface area (Å²) in [4.78, 5) is 11.5. The Morgan fingerprint density at radius 2 is 1.96 bits per heavy atom. The fourth-order valence-corrected chi connectivity index (χ4v) is 2.23. The Bertz CT molecular complexity index is 754. The molecule has 0 aromatic heterocycles. The van der Waals surface area contributed by atoms with E-state index in [-0.39, 0.29) is 22.1 Å². The van der Waals surface area contributed by atoms with E-state index in [1.54, 1.807) is 6.92 Å². The molecule has 0 aliphatic rings. The number of carboxylic acid groups (broad SMARTS) is 1. The second-order valence-corrected chi connectivity index (χ2v) is 5.06. The molecule has 0 saturated heterocycles. The van der Waals surface area contributed by atoms with Crippen molar-refractivity contribution in [2.45, 2.75) is 6.92 Å². The van der Waals surface area contributed by atoms with Gasteiger partial charge in [-0.3, -0.25) is 0 Å². The quantitative estimate of drug-likeness (QED) is 0.634. The summed E-state index contributed by atoms with van der Waals surface area (Å²) < 4.78 is 18.2. The van der Waals surface area contributed by atoms with Crippen LogP contribution in [0.4, 0.5) is 4.39 Å². The zero-order valence-electron chi connectivity index (χ0n) is 12.2. The second-order valence-electron chi connectivity index (χ2n) is 4.65. The van der Waals surface area contributed by atoms with E-state index in [4.69, 9.17) is 16.3 Å². The van der Waals surface area contributed by atoms with Crippen LogP contribution in [0.2, 0.25) is 5.02 Å². The number of halogens is 2. The number of hydrogen-bond donors (Lipinski definition) is 2. The van der Waals surface area contributed by atoms with Gasteiger partial charge in [0.05, 0.1) is 17.2 Å². The van der Waals surface area contributed by atoms with Crippen LogP contribution in [0, 0.1) is 5.82 Å². The second kappa shape index (κ2) is 7.15. The van der Waals surface area contributed by atoms with Crippen molar-refractivity contribution in [1.82, 2.24) is 0 Å². The molecule has 23 heavy (non-hydrogen) atoms. The van der Waals surface area contributed by atoms with Gasteiger partial charge in [0.25, 0.3) is 0 Å². The lowest BCUT2D eigenvalue weighted by Crippen LogP contribution is -2.00. The zero-order valence-corrected chi connectivity index (χ0v) is 13.0. The molecule has 0 aliphatic carbocycles. The molecule has 2 N–H and O–H groups in total. The van der Waals surface area contributed by atoms with E-state index in [0.29, 0.717) is 17.7 Å². The van der Waals surface area contributed by atoms with E-state index >= 15 is 0 Å². The van der Waals surface area contributed by atoms with Crippen LogP contribution in [0.3, 0.4) is 0 Å². The van der Waals surface area contributed by atoms with Crippen molar-refractivity contribution in [1.29, 1.82) is 0 Å². The van der Waals surface area contributed by atoms with Crippen LogP contribution in [-0.4, -0.2) is 22.8 Å². The molecular weight excluding hydrogens is 323 g/mol. The van der Waals surface area contributed by atoms with Gasteiger partial charge >= 0.3 is 5.97 Å². The zero-order chi connectivity index (χ0) is 17.0. The molecule has 2 aromatic carbocycles. The third-order valence-corrected chi connectivity index (χ3v) is 3.34. The highest BCUT2D eigenvalue weighted by Gasteiger charge is 2.13. The summed E-state index contributed by atoms with van der Waals surface area (Å²) in [6, 6.07) is 8.02. The van der Waals surface area contributed by atoms with Crippen LogP contribution < -0.4 is 4.74 Å². The SMILES string of the molecule is CCOc1cc(/C=C(\C(=O)O)c2ccc(F)cc2)cc(Cl)c1O. The lowest BCUT2D eigenvalue weighted by atomic mass is 10.0. The maximum atomic E-state index is 13.0. The summed E-state index contributed by atoms with van der Waals surface area (Å²) in [5, 5.41) is 19.2. The highest BCUT2D eigenvalue weighted by Crippen LogP contribution is 2.36. The van der Waals surface area contributed by atoms with Crippen molar-refractivity contribution in [3.05, 3.63) is 58.4 Å². The van der Waals surface area contributed by atoms with Crippen LogP contribution >= 0.6 is 11.6 Å². The number of carboxylic acids is 1. The minimum atomic E-state index is -1.17. The highest BCUT2D eigenvalue weighted by atomic mass is 35.5. The summed E-state index contributed by atoms with van der Waals surface area (Å²) in [6.45, 7) is 2.07. The molecule has 4 nitrogen and oxygen atoms in total. The molecule has 0 saturated carbocycles. The molecule has 0 radical (unpaired) electrons. The average Bonchev–Trinajstić information content (AvgIpc) is 2.50. The first-order chi connectivity index (χ1) is 10.9. The lowest BCUT2D eigenvalue weighted by molar-refractivity contribution is -0.130. The molecule has 0 spiro atoms. The van der Waals surface area contributed by atoms with Gasteiger partial charge in [-0.2, -0.15) is 0 Å². The van der Waals surface area contributed by atoms with Crippen molar-refractivity contribution < 1.29 is 24.1 Å². The molecule has 0 fully saturated rings. The number of aliphatic carboxylic acids is 1. The number of phenolic OH excluding ortho intramolecular Hbond substituents is 1. The number of aromatic hydroxyl groups is 1. The summed E-state index contributed by atoms with van der Waals surface area (Å²) >= 11 is 5.93. The molecule has 0 amide bonds. The monoisotopic (exact) mass is 336 g/mol. The van der Waals surface area contributed by atoms with Crippen LogP contribution in [0.1, 0.15) is 18.1 Å². The molecule has 120 valence electrons. The van der Waals surface area contributed by atoms with Crippen LogP contribution in [0.15, 0.2) is 36.4 Å². The highest BCUT2D eigenvalue weighted by molar-refractivity contribution is 6.32. The van der Waals surface area contributed by atoms with Crippen LogP contribution in [-0.2, 0) is 4.79 Å². The number of carbonyl (C=O) groups is 1. The summed E-state index contributed by atoms with van der Waals surface area (Å²) in [5.74, 6) is -1.66. The van der Waals surface area contributed by atoms with E-state index in [1.807, 2.05) is 0 Å². The Balaban J connectivity index is 2.51. The van der Waals surface area contributed by atoms with Gasteiger partial charge < -0.3 is 14.9 Å². The number of benzene rings is 2. The molecule has 0 heterocycles. The molecular formula is C17H14ClFO4.